The van der Waals surface area contributed by atoms with Crippen molar-refractivity contribution in [1.82, 2.24) is 10.2 Å². The highest BCUT2D eigenvalue weighted by molar-refractivity contribution is 4.80. The van der Waals surface area contributed by atoms with Gasteiger partial charge in [-0.25, -0.2) is 0 Å². The maximum Gasteiger partial charge on any atom is 0.00698 e. The molecule has 1 rings (SSSR count). The van der Waals surface area contributed by atoms with Gasteiger partial charge in [-0.15, -0.1) is 0 Å². The summed E-state index contributed by atoms with van der Waals surface area (Å²) in [5, 5.41) is 3.44. The van der Waals surface area contributed by atoms with Crippen LogP contribution in [0.3, 0.4) is 0 Å². The zero-order chi connectivity index (χ0) is 11.3. The molecule has 1 aliphatic rings. The van der Waals surface area contributed by atoms with Gasteiger partial charge < -0.3 is 5.32 Å². The van der Waals surface area contributed by atoms with E-state index in [1.165, 1.54) is 25.8 Å². The van der Waals surface area contributed by atoms with Gasteiger partial charge in [0.25, 0.3) is 0 Å². The lowest BCUT2D eigenvalue weighted by atomic mass is 9.96. The van der Waals surface area contributed by atoms with Gasteiger partial charge in [0, 0.05) is 18.6 Å². The van der Waals surface area contributed by atoms with Crippen molar-refractivity contribution in [2.75, 3.05) is 19.6 Å². The van der Waals surface area contributed by atoms with E-state index in [4.69, 9.17) is 0 Å². The fraction of sp³-hybridized carbons (Fsp3) is 1.00. The summed E-state index contributed by atoms with van der Waals surface area (Å²) in [4.78, 5) is 2.70. The summed E-state index contributed by atoms with van der Waals surface area (Å²) in [5.74, 6) is 0.771. The molecule has 0 amide bonds. The first-order valence-electron chi connectivity index (χ1n) is 6.61. The fourth-order valence-electron chi connectivity index (χ4n) is 2.65. The Balaban J connectivity index is 2.33. The molecule has 2 nitrogen and oxygen atoms in total. The third-order valence-corrected chi connectivity index (χ3v) is 3.64. The van der Waals surface area contributed by atoms with Crippen LogP contribution in [-0.4, -0.2) is 36.6 Å². The summed E-state index contributed by atoms with van der Waals surface area (Å²) in [6, 6.07) is 1.58. The van der Waals surface area contributed by atoms with Crippen LogP contribution in [0.1, 0.15) is 47.0 Å². The molecule has 1 N–H and O–H groups in total. The van der Waals surface area contributed by atoms with Crippen molar-refractivity contribution < 1.29 is 0 Å². The SMILES string of the molecule is CCNCC(C)CN1[C@H](C)CCC[C@@H]1C. The maximum atomic E-state index is 3.44. The molecular weight excluding hydrogens is 184 g/mol. The standard InChI is InChI=1S/C13H28N2/c1-5-14-9-11(2)10-15-12(3)7-6-8-13(15)4/h11-14H,5-10H2,1-4H3/t11?,12-,13+. The molecule has 1 unspecified atom stereocenters. The minimum atomic E-state index is 0.771. The van der Waals surface area contributed by atoms with Gasteiger partial charge in [0.05, 0.1) is 0 Å². The van der Waals surface area contributed by atoms with E-state index in [-0.39, 0.29) is 0 Å². The molecule has 90 valence electrons. The van der Waals surface area contributed by atoms with Crippen LogP contribution >= 0.6 is 0 Å². The minimum Gasteiger partial charge on any atom is -0.317 e. The molecule has 0 bridgehead atoms. The quantitative estimate of drug-likeness (QED) is 0.753. The van der Waals surface area contributed by atoms with Crippen LogP contribution in [0.15, 0.2) is 0 Å². The number of likely N-dealkylation sites (tertiary alicyclic amines) is 1. The molecule has 2 heteroatoms. The van der Waals surface area contributed by atoms with Gasteiger partial charge in [0.1, 0.15) is 0 Å². The molecule has 1 saturated heterocycles. The van der Waals surface area contributed by atoms with Crippen molar-refractivity contribution in [3.8, 4) is 0 Å². The van der Waals surface area contributed by atoms with Gasteiger partial charge >= 0.3 is 0 Å². The van der Waals surface area contributed by atoms with E-state index in [2.05, 4.69) is 37.9 Å². The molecule has 1 heterocycles. The zero-order valence-electron chi connectivity index (χ0n) is 10.9. The number of nitrogens with zero attached hydrogens (tertiary/aromatic N) is 1. The van der Waals surface area contributed by atoms with Crippen LogP contribution < -0.4 is 5.32 Å². The lowest BCUT2D eigenvalue weighted by Crippen LogP contribution is -2.46. The van der Waals surface area contributed by atoms with E-state index in [1.54, 1.807) is 0 Å². The summed E-state index contributed by atoms with van der Waals surface area (Å²) in [7, 11) is 0. The van der Waals surface area contributed by atoms with E-state index >= 15 is 0 Å². The van der Waals surface area contributed by atoms with Gasteiger partial charge in [-0.2, -0.15) is 0 Å². The smallest absolute Gasteiger partial charge is 0.00698 e. The molecule has 1 aliphatic heterocycles. The Bertz CT molecular complexity index is 160. The van der Waals surface area contributed by atoms with E-state index < -0.39 is 0 Å². The molecule has 3 atom stereocenters. The number of hydrogen-bond acceptors (Lipinski definition) is 2. The molecule has 0 saturated carbocycles. The number of rotatable bonds is 5. The summed E-state index contributed by atoms with van der Waals surface area (Å²) in [5.41, 5.74) is 0. The summed E-state index contributed by atoms with van der Waals surface area (Å²) >= 11 is 0. The monoisotopic (exact) mass is 212 g/mol. The van der Waals surface area contributed by atoms with E-state index in [0.717, 1.165) is 31.1 Å². The second kappa shape index (κ2) is 6.49. The van der Waals surface area contributed by atoms with Crippen LogP contribution in [0.2, 0.25) is 0 Å². The van der Waals surface area contributed by atoms with Crippen molar-refractivity contribution in [1.29, 1.82) is 0 Å². The minimum absolute atomic E-state index is 0.771. The number of piperidine rings is 1. The highest BCUT2D eigenvalue weighted by atomic mass is 15.2. The van der Waals surface area contributed by atoms with Crippen LogP contribution in [0.5, 0.6) is 0 Å². The Hall–Kier alpha value is -0.0800. The number of nitrogens with one attached hydrogen (secondary N) is 1. The highest BCUT2D eigenvalue weighted by Gasteiger charge is 2.25. The molecule has 0 spiro atoms. The average molecular weight is 212 g/mol. The molecule has 0 aliphatic carbocycles. The normalized spacial score (nSPS) is 30.4. The fourth-order valence-corrected chi connectivity index (χ4v) is 2.65. The Morgan fingerprint density at radius 1 is 1.27 bits per heavy atom. The first-order valence-corrected chi connectivity index (χ1v) is 6.61. The van der Waals surface area contributed by atoms with Crippen molar-refractivity contribution >= 4 is 0 Å². The van der Waals surface area contributed by atoms with E-state index in [0.29, 0.717) is 0 Å². The first kappa shape index (κ1) is 13.0. The third kappa shape index (κ3) is 4.12. The zero-order valence-corrected chi connectivity index (χ0v) is 10.9. The highest BCUT2D eigenvalue weighted by Crippen LogP contribution is 2.23. The predicted octanol–water partition coefficient (Wildman–Crippen LogP) is 2.49. The maximum absolute atomic E-state index is 3.44. The van der Waals surface area contributed by atoms with Crippen molar-refractivity contribution in [3.05, 3.63) is 0 Å². The topological polar surface area (TPSA) is 15.3 Å². The Labute approximate surface area is 95.4 Å². The van der Waals surface area contributed by atoms with Gasteiger partial charge in [-0.1, -0.05) is 20.3 Å². The van der Waals surface area contributed by atoms with Gasteiger partial charge in [0.15, 0.2) is 0 Å². The largest absolute Gasteiger partial charge is 0.317 e. The van der Waals surface area contributed by atoms with E-state index in [9.17, 15) is 0 Å². The Morgan fingerprint density at radius 3 is 2.40 bits per heavy atom. The second-order valence-corrected chi connectivity index (χ2v) is 5.24. The molecule has 0 radical (unpaired) electrons. The first-order chi connectivity index (χ1) is 7.15. The molecule has 0 aromatic rings. The predicted molar refractivity (Wildman–Crippen MR) is 67.2 cm³/mol. The van der Waals surface area contributed by atoms with Crippen LogP contribution in [0.4, 0.5) is 0 Å². The van der Waals surface area contributed by atoms with Crippen molar-refractivity contribution in [2.45, 2.75) is 59.0 Å². The van der Waals surface area contributed by atoms with E-state index in [1.807, 2.05) is 0 Å². The third-order valence-electron chi connectivity index (χ3n) is 3.64. The second-order valence-electron chi connectivity index (χ2n) is 5.24. The Morgan fingerprint density at radius 2 is 1.87 bits per heavy atom. The van der Waals surface area contributed by atoms with Crippen LogP contribution in [0, 0.1) is 5.92 Å². The summed E-state index contributed by atoms with van der Waals surface area (Å²) < 4.78 is 0. The molecule has 15 heavy (non-hydrogen) atoms. The molecular formula is C13H28N2. The van der Waals surface area contributed by atoms with Gasteiger partial charge in [-0.3, -0.25) is 4.90 Å². The molecule has 0 aromatic heterocycles. The van der Waals surface area contributed by atoms with Crippen LogP contribution in [-0.2, 0) is 0 Å². The summed E-state index contributed by atoms with van der Waals surface area (Å²) in [6.45, 7) is 12.8. The molecule has 1 fully saturated rings. The van der Waals surface area contributed by atoms with Crippen molar-refractivity contribution in [2.24, 2.45) is 5.92 Å². The van der Waals surface area contributed by atoms with Gasteiger partial charge in [-0.05, 0) is 45.7 Å². The lowest BCUT2D eigenvalue weighted by Gasteiger charge is -2.40. The average Bonchev–Trinajstić information content (AvgIpc) is 2.21. The summed E-state index contributed by atoms with van der Waals surface area (Å²) in [6.07, 6.45) is 4.19. The molecule has 0 aromatic carbocycles. The lowest BCUT2D eigenvalue weighted by molar-refractivity contribution is 0.0868. The van der Waals surface area contributed by atoms with Crippen molar-refractivity contribution in [3.63, 3.8) is 0 Å². The van der Waals surface area contributed by atoms with Gasteiger partial charge in [0.2, 0.25) is 0 Å². The number of hydrogen-bond donors (Lipinski definition) is 1. The Kier molecular flexibility index (Phi) is 5.62. The van der Waals surface area contributed by atoms with Crippen LogP contribution in [0.25, 0.3) is 0 Å².